The lowest BCUT2D eigenvalue weighted by molar-refractivity contribution is -0.302. The molecule has 7 unspecified atom stereocenters. The van der Waals surface area contributed by atoms with E-state index in [2.05, 4.69) is 104 Å². The van der Waals surface area contributed by atoms with Crippen LogP contribution in [0.5, 0.6) is 0 Å². The normalized spacial score (nSPS) is 20.6. The molecule has 9 heteroatoms. The van der Waals surface area contributed by atoms with Crippen molar-refractivity contribution in [1.29, 1.82) is 0 Å². The number of unbranched alkanes of at least 4 members (excludes halogenated alkanes) is 19. The van der Waals surface area contributed by atoms with Crippen LogP contribution in [0.25, 0.3) is 0 Å². The summed E-state index contributed by atoms with van der Waals surface area (Å²) in [5.41, 5.74) is 0. The molecule has 0 bridgehead atoms. The Morgan fingerprint density at radius 3 is 1.39 bits per heavy atom. The summed E-state index contributed by atoms with van der Waals surface area (Å²) in [5, 5.41) is 54.3. The van der Waals surface area contributed by atoms with Crippen LogP contribution in [-0.2, 0) is 14.3 Å². The zero-order valence-corrected chi connectivity index (χ0v) is 41.7. The number of amides is 1. The number of hydrogen-bond donors (Lipinski definition) is 6. The van der Waals surface area contributed by atoms with Gasteiger partial charge in [0.2, 0.25) is 5.91 Å². The lowest BCUT2D eigenvalue weighted by Crippen LogP contribution is -2.60. The number of rotatable bonds is 43. The molecule has 1 saturated heterocycles. The predicted molar refractivity (Wildman–Crippen MR) is 276 cm³/mol. The van der Waals surface area contributed by atoms with Crippen molar-refractivity contribution in [3.8, 4) is 0 Å². The van der Waals surface area contributed by atoms with Crippen molar-refractivity contribution in [2.24, 2.45) is 0 Å². The zero-order valence-electron chi connectivity index (χ0n) is 41.7. The third kappa shape index (κ3) is 35.3. The highest BCUT2D eigenvalue weighted by atomic mass is 16.7. The molecule has 1 amide bonds. The van der Waals surface area contributed by atoms with Gasteiger partial charge in [0, 0.05) is 6.42 Å². The Bertz CT molecular complexity index is 1350. The van der Waals surface area contributed by atoms with Crippen LogP contribution in [0.3, 0.4) is 0 Å². The average molecular weight is 924 g/mol. The maximum absolute atomic E-state index is 13.0. The van der Waals surface area contributed by atoms with E-state index in [1.807, 2.05) is 6.08 Å². The minimum absolute atomic E-state index is 0.193. The molecule has 9 nitrogen and oxygen atoms in total. The lowest BCUT2D eigenvalue weighted by Gasteiger charge is -2.40. The minimum atomic E-state index is -1.57. The van der Waals surface area contributed by atoms with Gasteiger partial charge in [0.25, 0.3) is 0 Å². The summed E-state index contributed by atoms with van der Waals surface area (Å²) in [6.07, 6.45) is 58.8. The number of aliphatic hydroxyl groups is 5. The highest BCUT2D eigenvalue weighted by molar-refractivity contribution is 5.76. The van der Waals surface area contributed by atoms with E-state index >= 15 is 0 Å². The van der Waals surface area contributed by atoms with Crippen LogP contribution in [0.15, 0.2) is 97.2 Å². The van der Waals surface area contributed by atoms with Crippen molar-refractivity contribution in [1.82, 2.24) is 5.32 Å². The Balaban J connectivity index is 2.26. The fraction of sp³-hybridized carbons (Fsp3) is 0.702. The highest BCUT2D eigenvalue weighted by Crippen LogP contribution is 2.22. The number of allylic oxidation sites excluding steroid dienone is 15. The molecular formula is C57H97NO8. The summed E-state index contributed by atoms with van der Waals surface area (Å²) in [5.74, 6) is -0.193. The molecular weight excluding hydrogens is 827 g/mol. The first kappa shape index (κ1) is 61.1. The molecule has 7 atom stereocenters. The molecule has 1 aliphatic rings. The van der Waals surface area contributed by atoms with Crippen molar-refractivity contribution >= 4 is 5.91 Å². The first-order chi connectivity index (χ1) is 32.3. The molecule has 0 aromatic carbocycles. The molecule has 0 radical (unpaired) electrons. The van der Waals surface area contributed by atoms with Crippen LogP contribution in [0.4, 0.5) is 0 Å². The van der Waals surface area contributed by atoms with E-state index in [1.165, 1.54) is 83.5 Å². The molecule has 378 valence electrons. The monoisotopic (exact) mass is 924 g/mol. The summed E-state index contributed by atoms with van der Waals surface area (Å²) in [6.45, 7) is 3.64. The van der Waals surface area contributed by atoms with Gasteiger partial charge in [-0.25, -0.2) is 0 Å². The number of aliphatic hydroxyl groups excluding tert-OH is 5. The number of ether oxygens (including phenoxy) is 2. The number of carbonyl (C=O) groups is 1. The molecule has 0 saturated carbocycles. The number of nitrogens with one attached hydrogen (secondary N) is 1. The second-order valence-corrected chi connectivity index (χ2v) is 17.9. The second-order valence-electron chi connectivity index (χ2n) is 17.9. The SMILES string of the molecule is CC/C=C\C/C=C\C/C=C\C/C=C\C/C=C\C/C=C\C/C=C\CCCCCCCCCC(=O)NC(COC1OC(CO)C(O)C(O)C1O)C(O)/C=C/CCCCCCCCCCCCCC. The Morgan fingerprint density at radius 1 is 0.530 bits per heavy atom. The summed E-state index contributed by atoms with van der Waals surface area (Å²) in [7, 11) is 0. The van der Waals surface area contributed by atoms with Gasteiger partial charge in [0.05, 0.1) is 25.4 Å². The van der Waals surface area contributed by atoms with Gasteiger partial charge in [0.15, 0.2) is 6.29 Å². The maximum Gasteiger partial charge on any atom is 0.220 e. The molecule has 0 aliphatic carbocycles. The summed E-state index contributed by atoms with van der Waals surface area (Å²) < 4.78 is 11.2. The molecule has 66 heavy (non-hydrogen) atoms. The Kier molecular flexibility index (Phi) is 42.5. The standard InChI is InChI=1S/C57H97NO8/c1-3-5-7-9-11-13-15-17-19-20-21-22-23-24-25-26-27-28-29-30-31-32-33-35-37-39-41-43-45-47-53(61)58-50(49-65-57-56(64)55(63)54(62)52(48-59)66-57)51(60)46-44-42-40-38-36-34-18-16-14-12-10-8-6-4-2/h5,7,11,13,17,19,21-22,24-25,27-28,30-31,44,46,50-52,54-57,59-60,62-64H,3-4,6,8-10,12,14-16,18,20,23,26,29,32-43,45,47-49H2,1-2H3,(H,58,61)/b7-5-,13-11-,19-17-,22-21-,25-24-,28-27-,31-30-,46-44+. The minimum Gasteiger partial charge on any atom is -0.394 e. The van der Waals surface area contributed by atoms with Crippen molar-refractivity contribution in [3.63, 3.8) is 0 Å². The van der Waals surface area contributed by atoms with Gasteiger partial charge in [-0.3, -0.25) is 4.79 Å². The quantitative estimate of drug-likeness (QED) is 0.0262. The van der Waals surface area contributed by atoms with E-state index in [4.69, 9.17) is 9.47 Å². The second kappa shape index (κ2) is 45.9. The first-order valence-corrected chi connectivity index (χ1v) is 26.5. The van der Waals surface area contributed by atoms with Crippen molar-refractivity contribution in [2.45, 2.75) is 243 Å². The van der Waals surface area contributed by atoms with Gasteiger partial charge in [-0.1, -0.05) is 214 Å². The summed E-state index contributed by atoms with van der Waals surface area (Å²) >= 11 is 0. The summed E-state index contributed by atoms with van der Waals surface area (Å²) in [4.78, 5) is 13.0. The molecule has 1 heterocycles. The zero-order chi connectivity index (χ0) is 48.0. The van der Waals surface area contributed by atoms with Gasteiger partial charge >= 0.3 is 0 Å². The Hall–Kier alpha value is -2.89. The molecule has 1 aliphatic heterocycles. The van der Waals surface area contributed by atoms with Crippen LogP contribution >= 0.6 is 0 Å². The Morgan fingerprint density at radius 2 is 0.939 bits per heavy atom. The van der Waals surface area contributed by atoms with Crippen molar-refractivity contribution in [3.05, 3.63) is 97.2 Å². The topological polar surface area (TPSA) is 149 Å². The van der Waals surface area contributed by atoms with Crippen LogP contribution in [0.1, 0.15) is 200 Å². The fourth-order valence-electron chi connectivity index (χ4n) is 7.72. The van der Waals surface area contributed by atoms with Gasteiger partial charge in [-0.2, -0.15) is 0 Å². The van der Waals surface area contributed by atoms with Crippen LogP contribution < -0.4 is 5.32 Å². The summed E-state index contributed by atoms with van der Waals surface area (Å²) in [6, 6.07) is -0.817. The lowest BCUT2D eigenvalue weighted by atomic mass is 9.99. The van der Waals surface area contributed by atoms with Crippen LogP contribution in [0.2, 0.25) is 0 Å². The third-order valence-electron chi connectivity index (χ3n) is 11.9. The van der Waals surface area contributed by atoms with E-state index in [0.29, 0.717) is 6.42 Å². The average Bonchev–Trinajstić information content (AvgIpc) is 3.32. The molecule has 0 aromatic rings. The molecule has 0 aromatic heterocycles. The van der Waals surface area contributed by atoms with Gasteiger partial charge in [-0.05, 0) is 77.0 Å². The van der Waals surface area contributed by atoms with E-state index in [0.717, 1.165) is 96.3 Å². The molecule has 1 fully saturated rings. The van der Waals surface area contributed by atoms with Crippen LogP contribution in [0, 0.1) is 0 Å². The van der Waals surface area contributed by atoms with E-state index in [9.17, 15) is 30.3 Å². The molecule has 6 N–H and O–H groups in total. The first-order valence-electron chi connectivity index (χ1n) is 26.5. The smallest absolute Gasteiger partial charge is 0.220 e. The molecule has 0 spiro atoms. The molecule has 1 rings (SSSR count). The van der Waals surface area contributed by atoms with Gasteiger partial charge in [-0.15, -0.1) is 0 Å². The van der Waals surface area contributed by atoms with Crippen molar-refractivity contribution in [2.75, 3.05) is 13.2 Å². The maximum atomic E-state index is 13.0. The van der Waals surface area contributed by atoms with E-state index in [-0.39, 0.29) is 12.5 Å². The van der Waals surface area contributed by atoms with Crippen molar-refractivity contribution < 1.29 is 39.8 Å². The highest BCUT2D eigenvalue weighted by Gasteiger charge is 2.44. The van der Waals surface area contributed by atoms with E-state index in [1.54, 1.807) is 6.08 Å². The number of carbonyl (C=O) groups excluding carboxylic acids is 1. The van der Waals surface area contributed by atoms with Crippen LogP contribution in [-0.4, -0.2) is 87.5 Å². The van der Waals surface area contributed by atoms with E-state index < -0.39 is 49.5 Å². The predicted octanol–water partition coefficient (Wildman–Crippen LogP) is 12.5. The van der Waals surface area contributed by atoms with Gasteiger partial charge in [0.1, 0.15) is 24.4 Å². The largest absolute Gasteiger partial charge is 0.394 e. The third-order valence-corrected chi connectivity index (χ3v) is 11.9. The van der Waals surface area contributed by atoms with Gasteiger partial charge < -0.3 is 40.3 Å². The fourth-order valence-corrected chi connectivity index (χ4v) is 7.72. The Labute approximate surface area is 403 Å². The number of hydrogen-bond acceptors (Lipinski definition) is 8.